The third kappa shape index (κ3) is 2.41. The number of hydrogen-bond donors (Lipinski definition) is 2. The standard InChI is InChI=1S/C11H17N3OS/c1-11(2)4-3-5-12-8(11)9(15)14-10-13-6-7-16-10/h6-8,12H,3-5H2,1-2H3,(H,13,14,15). The molecule has 0 saturated carbocycles. The normalized spacial score (nSPS) is 24.0. The first-order chi connectivity index (χ1) is 7.59. The predicted molar refractivity (Wildman–Crippen MR) is 65.5 cm³/mol. The fraction of sp³-hybridized carbons (Fsp3) is 0.636. The van der Waals surface area contributed by atoms with Gasteiger partial charge >= 0.3 is 0 Å². The number of piperidine rings is 1. The molecule has 1 saturated heterocycles. The Balaban J connectivity index is 2.03. The summed E-state index contributed by atoms with van der Waals surface area (Å²) in [5.74, 6) is 0.0275. The Morgan fingerprint density at radius 1 is 1.69 bits per heavy atom. The van der Waals surface area contributed by atoms with Gasteiger partial charge in [-0.1, -0.05) is 13.8 Å². The number of hydrogen-bond acceptors (Lipinski definition) is 4. The number of anilines is 1. The monoisotopic (exact) mass is 239 g/mol. The third-order valence-electron chi connectivity index (χ3n) is 3.05. The summed E-state index contributed by atoms with van der Waals surface area (Å²) in [6, 6.07) is -0.120. The zero-order valence-corrected chi connectivity index (χ0v) is 10.4. The topological polar surface area (TPSA) is 54.0 Å². The van der Waals surface area contributed by atoms with E-state index in [1.807, 2.05) is 5.38 Å². The van der Waals surface area contributed by atoms with E-state index in [9.17, 15) is 4.79 Å². The number of carbonyl (C=O) groups is 1. The van der Waals surface area contributed by atoms with Crippen LogP contribution in [0.5, 0.6) is 0 Å². The van der Waals surface area contributed by atoms with Crippen LogP contribution < -0.4 is 10.6 Å². The fourth-order valence-corrected chi connectivity index (χ4v) is 2.65. The van der Waals surface area contributed by atoms with Crippen LogP contribution in [0.3, 0.4) is 0 Å². The lowest BCUT2D eigenvalue weighted by Crippen LogP contribution is -2.53. The minimum Gasteiger partial charge on any atom is -0.305 e. The second-order valence-electron chi connectivity index (χ2n) is 4.81. The Morgan fingerprint density at radius 3 is 3.12 bits per heavy atom. The molecule has 1 unspecified atom stereocenters. The summed E-state index contributed by atoms with van der Waals surface area (Å²) in [6.07, 6.45) is 3.91. The SMILES string of the molecule is CC1(C)CCCNC1C(=O)Nc1nccs1. The van der Waals surface area contributed by atoms with Crippen LogP contribution in [0.1, 0.15) is 26.7 Å². The van der Waals surface area contributed by atoms with Crippen LogP contribution in [0.15, 0.2) is 11.6 Å². The minimum absolute atomic E-state index is 0.0135. The number of nitrogens with zero attached hydrogens (tertiary/aromatic N) is 1. The quantitative estimate of drug-likeness (QED) is 0.828. The molecule has 0 radical (unpaired) electrons. The van der Waals surface area contributed by atoms with Gasteiger partial charge in [-0.25, -0.2) is 4.98 Å². The molecule has 1 fully saturated rings. The average Bonchev–Trinajstić information content (AvgIpc) is 2.69. The van der Waals surface area contributed by atoms with Crippen molar-refractivity contribution >= 4 is 22.4 Å². The molecule has 1 aliphatic heterocycles. The average molecular weight is 239 g/mol. The molecule has 88 valence electrons. The molecule has 0 aliphatic carbocycles. The van der Waals surface area contributed by atoms with E-state index in [2.05, 4.69) is 29.5 Å². The van der Waals surface area contributed by atoms with Gasteiger partial charge in [0.05, 0.1) is 6.04 Å². The molecule has 5 heteroatoms. The van der Waals surface area contributed by atoms with Crippen LogP contribution in [0, 0.1) is 5.41 Å². The molecule has 1 aromatic heterocycles. The summed E-state index contributed by atoms with van der Waals surface area (Å²) >= 11 is 1.44. The molecule has 0 bridgehead atoms. The molecular weight excluding hydrogens is 222 g/mol. The molecule has 4 nitrogen and oxygen atoms in total. The van der Waals surface area contributed by atoms with Crippen LogP contribution in [-0.2, 0) is 4.79 Å². The summed E-state index contributed by atoms with van der Waals surface area (Å²) in [7, 11) is 0. The minimum atomic E-state index is -0.120. The molecule has 1 atom stereocenters. The molecular formula is C11H17N3OS. The lowest BCUT2D eigenvalue weighted by molar-refractivity contribution is -0.121. The second-order valence-corrected chi connectivity index (χ2v) is 5.70. The highest BCUT2D eigenvalue weighted by atomic mass is 32.1. The van der Waals surface area contributed by atoms with E-state index in [4.69, 9.17) is 0 Å². The summed E-state index contributed by atoms with van der Waals surface area (Å²) in [4.78, 5) is 16.1. The van der Waals surface area contributed by atoms with Crippen LogP contribution >= 0.6 is 11.3 Å². The molecule has 0 spiro atoms. The van der Waals surface area contributed by atoms with Gasteiger partial charge in [-0.3, -0.25) is 4.79 Å². The zero-order valence-electron chi connectivity index (χ0n) is 9.62. The molecule has 2 N–H and O–H groups in total. The van der Waals surface area contributed by atoms with Gasteiger partial charge in [-0.15, -0.1) is 11.3 Å². The summed E-state index contributed by atoms with van der Waals surface area (Å²) in [6.45, 7) is 5.18. The molecule has 1 amide bonds. The van der Waals surface area contributed by atoms with Crippen molar-refractivity contribution in [3.63, 3.8) is 0 Å². The molecule has 1 aliphatic rings. The maximum absolute atomic E-state index is 12.1. The van der Waals surface area contributed by atoms with Gasteiger partial charge in [-0.2, -0.15) is 0 Å². The van der Waals surface area contributed by atoms with E-state index >= 15 is 0 Å². The highest BCUT2D eigenvalue weighted by Crippen LogP contribution is 2.30. The molecule has 0 aromatic carbocycles. The number of thiazole rings is 1. The number of carbonyl (C=O) groups excluding carboxylic acids is 1. The van der Waals surface area contributed by atoms with Crippen molar-refractivity contribution in [2.45, 2.75) is 32.7 Å². The molecule has 2 heterocycles. The van der Waals surface area contributed by atoms with Crippen molar-refractivity contribution in [3.05, 3.63) is 11.6 Å². The fourth-order valence-electron chi connectivity index (χ4n) is 2.12. The zero-order chi connectivity index (χ0) is 11.6. The van der Waals surface area contributed by atoms with E-state index in [1.165, 1.54) is 11.3 Å². The highest BCUT2D eigenvalue weighted by Gasteiger charge is 2.37. The van der Waals surface area contributed by atoms with Crippen LogP contribution in [0.25, 0.3) is 0 Å². The summed E-state index contributed by atoms with van der Waals surface area (Å²) in [5.41, 5.74) is 0.0135. The van der Waals surface area contributed by atoms with E-state index in [-0.39, 0.29) is 17.4 Å². The number of rotatable bonds is 2. The number of amides is 1. The highest BCUT2D eigenvalue weighted by molar-refractivity contribution is 7.13. The van der Waals surface area contributed by atoms with Crippen LogP contribution in [0.4, 0.5) is 5.13 Å². The first-order valence-electron chi connectivity index (χ1n) is 5.53. The lowest BCUT2D eigenvalue weighted by atomic mass is 9.77. The van der Waals surface area contributed by atoms with Crippen molar-refractivity contribution in [2.24, 2.45) is 5.41 Å². The van der Waals surface area contributed by atoms with Gasteiger partial charge in [-0.05, 0) is 24.8 Å². The number of aromatic nitrogens is 1. The Kier molecular flexibility index (Phi) is 3.25. The summed E-state index contributed by atoms with van der Waals surface area (Å²) in [5, 5.41) is 8.67. The number of nitrogens with one attached hydrogen (secondary N) is 2. The molecule has 1 aromatic rings. The third-order valence-corrected chi connectivity index (χ3v) is 3.74. The van der Waals surface area contributed by atoms with Crippen LogP contribution in [-0.4, -0.2) is 23.5 Å². The first kappa shape index (κ1) is 11.5. The van der Waals surface area contributed by atoms with Crippen molar-refractivity contribution in [1.82, 2.24) is 10.3 Å². The van der Waals surface area contributed by atoms with Crippen molar-refractivity contribution in [3.8, 4) is 0 Å². The van der Waals surface area contributed by atoms with Crippen molar-refractivity contribution in [1.29, 1.82) is 0 Å². The predicted octanol–water partition coefficient (Wildman–Crippen LogP) is 1.86. The van der Waals surface area contributed by atoms with Crippen molar-refractivity contribution < 1.29 is 4.79 Å². The van der Waals surface area contributed by atoms with E-state index in [0.717, 1.165) is 19.4 Å². The Morgan fingerprint density at radius 2 is 2.50 bits per heavy atom. The van der Waals surface area contributed by atoms with E-state index in [1.54, 1.807) is 6.20 Å². The lowest BCUT2D eigenvalue weighted by Gasteiger charge is -2.37. The Labute approximate surface area is 99.5 Å². The second kappa shape index (κ2) is 4.51. The van der Waals surface area contributed by atoms with E-state index in [0.29, 0.717) is 5.13 Å². The van der Waals surface area contributed by atoms with Gasteiger partial charge in [0.1, 0.15) is 0 Å². The molecule has 16 heavy (non-hydrogen) atoms. The van der Waals surface area contributed by atoms with Gasteiger partial charge in [0.25, 0.3) is 0 Å². The van der Waals surface area contributed by atoms with Gasteiger partial charge in [0, 0.05) is 11.6 Å². The van der Waals surface area contributed by atoms with Gasteiger partial charge < -0.3 is 10.6 Å². The molecule has 2 rings (SSSR count). The summed E-state index contributed by atoms with van der Waals surface area (Å²) < 4.78 is 0. The van der Waals surface area contributed by atoms with E-state index < -0.39 is 0 Å². The van der Waals surface area contributed by atoms with Gasteiger partial charge in [0.15, 0.2) is 5.13 Å². The Bertz CT molecular complexity index is 361. The smallest absolute Gasteiger partial charge is 0.243 e. The maximum atomic E-state index is 12.1. The van der Waals surface area contributed by atoms with Crippen LogP contribution in [0.2, 0.25) is 0 Å². The first-order valence-corrected chi connectivity index (χ1v) is 6.41. The van der Waals surface area contributed by atoms with Gasteiger partial charge in [0.2, 0.25) is 5.91 Å². The Hall–Kier alpha value is -0.940. The maximum Gasteiger partial charge on any atom is 0.243 e. The largest absolute Gasteiger partial charge is 0.305 e. The van der Waals surface area contributed by atoms with Crippen molar-refractivity contribution in [2.75, 3.05) is 11.9 Å².